The molecule has 3 fully saturated rings. The van der Waals surface area contributed by atoms with Crippen LogP contribution in [-0.4, -0.2) is 46.2 Å². The van der Waals surface area contributed by atoms with Gasteiger partial charge < -0.3 is 25.6 Å². The minimum absolute atomic E-state index is 0.00337. The maximum absolute atomic E-state index is 13.8. The van der Waals surface area contributed by atoms with Crippen LogP contribution in [0, 0.1) is 11.8 Å². The molecular formula is C40H53N3O4. The van der Waals surface area contributed by atoms with E-state index < -0.39 is 6.29 Å². The largest absolute Gasteiger partial charge is 0.392 e. The summed E-state index contributed by atoms with van der Waals surface area (Å²) in [5.41, 5.74) is 11.8. The fourth-order valence-corrected chi connectivity index (χ4v) is 8.01. The molecule has 7 atom stereocenters. The fourth-order valence-electron chi connectivity index (χ4n) is 8.01. The van der Waals surface area contributed by atoms with E-state index in [1.54, 1.807) is 0 Å². The van der Waals surface area contributed by atoms with Crippen LogP contribution in [0.15, 0.2) is 72.8 Å². The normalized spacial score (nSPS) is 28.4. The lowest BCUT2D eigenvalue weighted by atomic mass is 9.75. The van der Waals surface area contributed by atoms with Crippen molar-refractivity contribution in [1.29, 1.82) is 0 Å². The van der Waals surface area contributed by atoms with E-state index in [1.165, 1.54) is 19.3 Å². The second-order valence-electron chi connectivity index (χ2n) is 15.0. The molecule has 2 aliphatic heterocycles. The minimum atomic E-state index is -0.579. The lowest BCUT2D eigenvalue weighted by Crippen LogP contribution is -2.61. The number of fused-ring (bicyclic) bond motifs is 1. The SMILES string of the molecule is C[C@H]1[C@@H](CN2[C@@H](C(=O)NC(C)(C)C)CC[C@H]3CCCC[C@H]32)O[C@@H](c2cccc(-c3cccc(CN)c3)c2)O[C@H]1c1ccc(CO)cc1. The third-order valence-electron chi connectivity index (χ3n) is 10.5. The Morgan fingerprint density at radius 3 is 2.34 bits per heavy atom. The van der Waals surface area contributed by atoms with Crippen molar-refractivity contribution in [3.8, 4) is 11.1 Å². The van der Waals surface area contributed by atoms with Gasteiger partial charge in [0.2, 0.25) is 5.91 Å². The zero-order valence-electron chi connectivity index (χ0n) is 28.5. The zero-order valence-corrected chi connectivity index (χ0v) is 28.5. The number of aliphatic hydroxyl groups excluding tert-OH is 1. The lowest BCUT2D eigenvalue weighted by Gasteiger charge is -2.51. The number of amides is 1. The Morgan fingerprint density at radius 1 is 0.894 bits per heavy atom. The van der Waals surface area contributed by atoms with E-state index in [9.17, 15) is 9.90 Å². The van der Waals surface area contributed by atoms with Crippen LogP contribution in [-0.2, 0) is 27.4 Å². The molecule has 0 unspecified atom stereocenters. The van der Waals surface area contributed by atoms with Gasteiger partial charge >= 0.3 is 0 Å². The van der Waals surface area contributed by atoms with E-state index in [2.05, 4.69) is 86.4 Å². The Hall–Kier alpha value is -3.07. The highest BCUT2D eigenvalue weighted by atomic mass is 16.7. The summed E-state index contributed by atoms with van der Waals surface area (Å²) >= 11 is 0. The molecule has 2 heterocycles. The Kier molecular flexibility index (Phi) is 10.5. The topological polar surface area (TPSA) is 97.1 Å². The molecule has 6 rings (SSSR count). The zero-order chi connectivity index (χ0) is 33.1. The average molecular weight is 640 g/mol. The first kappa shape index (κ1) is 33.8. The smallest absolute Gasteiger partial charge is 0.237 e. The van der Waals surface area contributed by atoms with Crippen molar-refractivity contribution in [2.24, 2.45) is 17.6 Å². The van der Waals surface area contributed by atoms with Crippen molar-refractivity contribution >= 4 is 5.91 Å². The van der Waals surface area contributed by atoms with Crippen molar-refractivity contribution in [1.82, 2.24) is 10.2 Å². The number of benzene rings is 3. The van der Waals surface area contributed by atoms with Gasteiger partial charge in [0.25, 0.3) is 0 Å². The van der Waals surface area contributed by atoms with Gasteiger partial charge in [0.15, 0.2) is 6.29 Å². The lowest BCUT2D eigenvalue weighted by molar-refractivity contribution is -0.278. The molecule has 47 heavy (non-hydrogen) atoms. The fraction of sp³-hybridized carbons (Fsp3) is 0.525. The average Bonchev–Trinajstić information content (AvgIpc) is 3.08. The van der Waals surface area contributed by atoms with Gasteiger partial charge in [-0.15, -0.1) is 0 Å². The molecule has 0 bridgehead atoms. The summed E-state index contributed by atoms with van der Waals surface area (Å²) in [7, 11) is 0. The Bertz CT molecular complexity index is 1500. The first-order valence-corrected chi connectivity index (χ1v) is 17.6. The number of rotatable bonds is 8. The number of aliphatic hydroxyl groups is 1. The number of ether oxygens (including phenoxy) is 2. The van der Waals surface area contributed by atoms with Crippen molar-refractivity contribution in [3.05, 3.63) is 95.1 Å². The summed E-state index contributed by atoms with van der Waals surface area (Å²) in [5.74, 6) is 0.781. The van der Waals surface area contributed by atoms with Crippen LogP contribution in [0.25, 0.3) is 11.1 Å². The monoisotopic (exact) mass is 639 g/mol. The molecule has 0 spiro atoms. The first-order chi connectivity index (χ1) is 22.6. The van der Waals surface area contributed by atoms with Crippen LogP contribution in [0.1, 0.15) is 101 Å². The van der Waals surface area contributed by atoms with Crippen molar-refractivity contribution < 1.29 is 19.4 Å². The summed E-state index contributed by atoms with van der Waals surface area (Å²) in [5, 5.41) is 13.0. The molecule has 0 aromatic heterocycles. The molecule has 252 valence electrons. The number of carbonyl (C=O) groups is 1. The first-order valence-electron chi connectivity index (χ1n) is 17.6. The van der Waals surface area contributed by atoms with Gasteiger partial charge in [0.05, 0.1) is 24.9 Å². The Balaban J connectivity index is 1.34. The van der Waals surface area contributed by atoms with Crippen LogP contribution in [0.4, 0.5) is 0 Å². The van der Waals surface area contributed by atoms with Gasteiger partial charge in [-0.3, -0.25) is 9.69 Å². The number of nitrogens with two attached hydrogens (primary N) is 1. The van der Waals surface area contributed by atoms with Crippen molar-refractivity contribution in [2.75, 3.05) is 6.54 Å². The molecule has 3 aliphatic rings. The van der Waals surface area contributed by atoms with Crippen LogP contribution in [0.5, 0.6) is 0 Å². The molecule has 7 nitrogen and oxygen atoms in total. The van der Waals surface area contributed by atoms with Crippen LogP contribution < -0.4 is 11.1 Å². The van der Waals surface area contributed by atoms with Crippen molar-refractivity contribution in [3.63, 3.8) is 0 Å². The Morgan fingerprint density at radius 2 is 1.62 bits per heavy atom. The number of nitrogens with one attached hydrogen (secondary N) is 1. The van der Waals surface area contributed by atoms with Crippen LogP contribution >= 0.6 is 0 Å². The number of likely N-dealkylation sites (tertiary alicyclic amines) is 1. The Labute approximate surface area is 280 Å². The highest BCUT2D eigenvalue weighted by Gasteiger charge is 2.46. The van der Waals surface area contributed by atoms with Gasteiger partial charge in [-0.1, -0.05) is 80.4 Å². The van der Waals surface area contributed by atoms with E-state index in [-0.39, 0.29) is 42.2 Å². The summed E-state index contributed by atoms with van der Waals surface area (Å²) in [6, 6.07) is 25.0. The second-order valence-corrected chi connectivity index (χ2v) is 15.0. The molecule has 1 aliphatic carbocycles. The quantitative estimate of drug-likeness (QED) is 0.245. The summed E-state index contributed by atoms with van der Waals surface area (Å²) in [6.07, 6.45) is 5.86. The molecular weight excluding hydrogens is 586 g/mol. The predicted molar refractivity (Wildman–Crippen MR) is 186 cm³/mol. The van der Waals surface area contributed by atoms with Gasteiger partial charge in [-0.05, 0) is 92.3 Å². The molecule has 0 radical (unpaired) electrons. The summed E-state index contributed by atoms with van der Waals surface area (Å²) in [6.45, 7) is 9.56. The number of hydrogen-bond donors (Lipinski definition) is 3. The summed E-state index contributed by atoms with van der Waals surface area (Å²) < 4.78 is 13.8. The molecule has 3 aromatic rings. The van der Waals surface area contributed by atoms with E-state index in [0.717, 1.165) is 52.6 Å². The van der Waals surface area contributed by atoms with E-state index in [1.807, 2.05) is 24.3 Å². The molecule has 1 amide bonds. The molecule has 2 saturated heterocycles. The highest BCUT2D eigenvalue weighted by Crippen LogP contribution is 2.44. The van der Waals surface area contributed by atoms with Gasteiger partial charge in [0, 0.05) is 36.2 Å². The van der Waals surface area contributed by atoms with Gasteiger partial charge in [0.1, 0.15) is 0 Å². The maximum atomic E-state index is 13.8. The molecule has 7 heteroatoms. The van der Waals surface area contributed by atoms with Crippen LogP contribution in [0.2, 0.25) is 0 Å². The third kappa shape index (κ3) is 7.82. The van der Waals surface area contributed by atoms with E-state index in [4.69, 9.17) is 15.2 Å². The van der Waals surface area contributed by atoms with Gasteiger partial charge in [-0.2, -0.15) is 0 Å². The maximum Gasteiger partial charge on any atom is 0.237 e. The predicted octanol–water partition coefficient (Wildman–Crippen LogP) is 7.03. The van der Waals surface area contributed by atoms with Crippen LogP contribution in [0.3, 0.4) is 0 Å². The standard InChI is InChI=1S/C40H53N3O4/c1-26-36(24-43-34-14-6-5-10-29(34)19-20-35(43)38(45)42-40(2,3)4)46-39(47-37(26)30-17-15-27(25-44)16-18-30)33-13-8-12-32(22-33)31-11-7-9-28(21-31)23-41/h7-9,11-13,15-18,21-22,26,29,34-37,39,44H,5-6,10,14,19-20,23-25,41H2,1-4H3,(H,42,45)/t26-,29+,34+,35+,36+,37+,39+/m0/s1. The van der Waals surface area contributed by atoms with Crippen molar-refractivity contribution in [2.45, 2.75) is 115 Å². The molecule has 1 saturated carbocycles. The number of nitrogens with zero attached hydrogens (tertiary/aromatic N) is 1. The minimum Gasteiger partial charge on any atom is -0.392 e. The van der Waals surface area contributed by atoms with E-state index in [0.29, 0.717) is 25.0 Å². The molecule has 3 aromatic carbocycles. The highest BCUT2D eigenvalue weighted by molar-refractivity contribution is 5.82. The molecule has 4 N–H and O–H groups in total. The number of piperidine rings is 1. The number of carbonyl (C=O) groups excluding carboxylic acids is 1. The third-order valence-corrected chi connectivity index (χ3v) is 10.5. The second kappa shape index (κ2) is 14.6. The summed E-state index contributed by atoms with van der Waals surface area (Å²) in [4.78, 5) is 16.3. The number of hydrogen-bond acceptors (Lipinski definition) is 6. The van der Waals surface area contributed by atoms with Gasteiger partial charge in [-0.25, -0.2) is 0 Å². The van der Waals surface area contributed by atoms with E-state index >= 15 is 0 Å².